The molecule has 10 heteroatoms. The summed E-state index contributed by atoms with van der Waals surface area (Å²) in [5.41, 5.74) is 9.06. The number of carbonyl (C=O) groups excluding carboxylic acids is 1. The molecule has 0 atom stereocenters. The number of carbonyl (C=O) groups is 1. The first kappa shape index (κ1) is 20.6. The van der Waals surface area contributed by atoms with Crippen LogP contribution in [0.2, 0.25) is 0 Å². The molecule has 0 bridgehead atoms. The first-order chi connectivity index (χ1) is 16.0. The first-order valence-corrected chi connectivity index (χ1v) is 10.5. The Labute approximate surface area is 188 Å². The van der Waals surface area contributed by atoms with Crippen LogP contribution in [0.15, 0.2) is 42.6 Å². The highest BCUT2D eigenvalue weighted by Gasteiger charge is 2.21. The summed E-state index contributed by atoms with van der Waals surface area (Å²) in [6.45, 7) is 0.918. The van der Waals surface area contributed by atoms with Gasteiger partial charge in [-0.15, -0.1) is 0 Å². The summed E-state index contributed by atoms with van der Waals surface area (Å²) in [6.07, 6.45) is 3.81. The molecule has 7 N–H and O–H groups in total. The highest BCUT2D eigenvalue weighted by Crippen LogP contribution is 2.35. The maximum Gasteiger partial charge on any atom is 0.351 e. The molecule has 0 spiro atoms. The van der Waals surface area contributed by atoms with Crippen molar-refractivity contribution in [3.63, 3.8) is 0 Å². The highest BCUT2D eigenvalue weighted by atomic mass is 19.1. The Kier molecular flexibility index (Phi) is 5.17. The third kappa shape index (κ3) is 3.86. The van der Waals surface area contributed by atoms with Crippen LogP contribution in [0.4, 0.5) is 33.2 Å². The van der Waals surface area contributed by atoms with E-state index in [2.05, 4.69) is 30.9 Å². The molecule has 2 aromatic carbocycles. The topological polar surface area (TPSA) is 131 Å². The molecule has 4 aromatic rings. The van der Waals surface area contributed by atoms with E-state index in [0.717, 1.165) is 36.1 Å². The van der Waals surface area contributed by atoms with Gasteiger partial charge in [-0.3, -0.25) is 15.1 Å². The average molecular weight is 448 g/mol. The second-order valence-electron chi connectivity index (χ2n) is 7.72. The predicted molar refractivity (Wildman–Crippen MR) is 124 cm³/mol. The van der Waals surface area contributed by atoms with Crippen LogP contribution in [0, 0.1) is 5.82 Å². The number of benzene rings is 2. The number of aromatic nitrogens is 3. The molecule has 0 unspecified atom stereocenters. The van der Waals surface area contributed by atoms with Crippen molar-refractivity contribution in [2.75, 3.05) is 29.6 Å². The zero-order valence-corrected chi connectivity index (χ0v) is 17.9. The lowest BCUT2D eigenvalue weighted by Gasteiger charge is -2.20. The molecule has 1 aliphatic rings. The van der Waals surface area contributed by atoms with Gasteiger partial charge < -0.3 is 21.1 Å². The number of halogens is 1. The van der Waals surface area contributed by atoms with E-state index >= 15 is 0 Å². The van der Waals surface area contributed by atoms with Crippen molar-refractivity contribution in [1.82, 2.24) is 9.97 Å². The number of methoxy groups -OCH3 is 1. The number of primary amides is 1. The molecular formula is C23H23FN7O2+. The fourth-order valence-corrected chi connectivity index (χ4v) is 4.04. The fourth-order valence-electron chi connectivity index (χ4n) is 4.04. The molecule has 0 saturated carbocycles. The third-order valence-electron chi connectivity index (χ3n) is 5.60. The van der Waals surface area contributed by atoms with E-state index in [9.17, 15) is 9.18 Å². The zero-order chi connectivity index (χ0) is 22.9. The quantitative estimate of drug-likeness (QED) is 0.307. The largest absolute Gasteiger partial charge is 0.493 e. The van der Waals surface area contributed by atoms with Crippen molar-refractivity contribution in [3.05, 3.63) is 59.5 Å². The summed E-state index contributed by atoms with van der Waals surface area (Å²) in [4.78, 5) is 22.8. The number of aryl methyl sites for hydroxylation is 1. The van der Waals surface area contributed by atoms with Crippen LogP contribution < -0.4 is 31.4 Å². The average Bonchev–Trinajstić information content (AvgIpc) is 3.27. The van der Waals surface area contributed by atoms with E-state index in [0.29, 0.717) is 23.2 Å². The zero-order valence-electron chi connectivity index (χ0n) is 17.9. The van der Waals surface area contributed by atoms with Gasteiger partial charge >= 0.3 is 5.95 Å². The van der Waals surface area contributed by atoms with Crippen LogP contribution in [0.5, 0.6) is 5.75 Å². The molecule has 168 valence electrons. The Morgan fingerprint density at radius 1 is 1.24 bits per heavy atom. The molecule has 3 heterocycles. The number of aromatic amines is 2. The van der Waals surface area contributed by atoms with Crippen molar-refractivity contribution in [3.8, 4) is 5.75 Å². The number of H-pyrrole nitrogens is 2. The minimum atomic E-state index is -0.868. The minimum absolute atomic E-state index is 0.227. The second kappa shape index (κ2) is 8.30. The van der Waals surface area contributed by atoms with E-state index in [4.69, 9.17) is 10.5 Å². The van der Waals surface area contributed by atoms with Gasteiger partial charge in [0, 0.05) is 24.5 Å². The summed E-state index contributed by atoms with van der Waals surface area (Å²) in [5.74, 6) is -0.0536. The van der Waals surface area contributed by atoms with Crippen LogP contribution in [-0.4, -0.2) is 29.5 Å². The van der Waals surface area contributed by atoms with Crippen LogP contribution in [-0.2, 0) is 6.42 Å². The predicted octanol–water partition coefficient (Wildman–Crippen LogP) is 3.47. The van der Waals surface area contributed by atoms with Gasteiger partial charge in [-0.25, -0.2) is 9.37 Å². The molecular weight excluding hydrogens is 425 g/mol. The van der Waals surface area contributed by atoms with E-state index in [-0.39, 0.29) is 11.3 Å². The lowest BCUT2D eigenvalue weighted by Crippen LogP contribution is -2.18. The number of fused-ring (bicyclic) bond motifs is 2. The summed E-state index contributed by atoms with van der Waals surface area (Å²) in [6, 6.07) is 10.1. The molecule has 1 amide bonds. The molecule has 0 saturated heterocycles. The van der Waals surface area contributed by atoms with Gasteiger partial charge in [-0.1, -0.05) is 11.1 Å². The molecule has 33 heavy (non-hydrogen) atoms. The van der Waals surface area contributed by atoms with Gasteiger partial charge in [0.15, 0.2) is 5.75 Å². The van der Waals surface area contributed by atoms with Gasteiger partial charge in [0.1, 0.15) is 11.5 Å². The van der Waals surface area contributed by atoms with Gasteiger partial charge in [0.25, 0.3) is 5.91 Å². The normalized spacial score (nSPS) is 12.7. The monoisotopic (exact) mass is 448 g/mol. The maximum absolute atomic E-state index is 14.2. The van der Waals surface area contributed by atoms with Crippen molar-refractivity contribution in [1.29, 1.82) is 0 Å². The van der Waals surface area contributed by atoms with Crippen LogP contribution in [0.25, 0.3) is 11.0 Å². The Morgan fingerprint density at radius 3 is 2.94 bits per heavy atom. The van der Waals surface area contributed by atoms with E-state index in [1.165, 1.54) is 17.7 Å². The smallest absolute Gasteiger partial charge is 0.351 e. The summed E-state index contributed by atoms with van der Waals surface area (Å²) < 4.78 is 19.8. The minimum Gasteiger partial charge on any atom is -0.493 e. The molecule has 0 fully saturated rings. The Hall–Kier alpha value is -4.34. The number of rotatable bonds is 6. The van der Waals surface area contributed by atoms with Crippen molar-refractivity contribution in [2.24, 2.45) is 5.73 Å². The number of hydrogen-bond donors (Lipinski definition) is 5. The molecule has 0 radical (unpaired) electrons. The second-order valence-corrected chi connectivity index (χ2v) is 7.72. The fraction of sp³-hybridized carbons (Fsp3) is 0.174. The molecule has 9 nitrogen and oxygen atoms in total. The summed E-state index contributed by atoms with van der Waals surface area (Å²) in [7, 11) is 1.62. The van der Waals surface area contributed by atoms with Crippen molar-refractivity contribution in [2.45, 2.75) is 12.8 Å². The number of nitrogens with zero attached hydrogens (tertiary/aromatic N) is 1. The van der Waals surface area contributed by atoms with Crippen LogP contribution in [0.1, 0.15) is 22.3 Å². The number of anilines is 5. The number of amides is 1. The molecule has 1 aliphatic heterocycles. The van der Waals surface area contributed by atoms with E-state index < -0.39 is 11.7 Å². The highest BCUT2D eigenvalue weighted by molar-refractivity contribution is 6.00. The van der Waals surface area contributed by atoms with Crippen LogP contribution in [0.3, 0.4) is 0 Å². The molecule has 0 aliphatic carbocycles. The molecule has 2 aromatic heterocycles. The lowest BCUT2D eigenvalue weighted by atomic mass is 10.0. The molecule has 5 rings (SSSR count). The number of nitrogens with two attached hydrogens (primary N) is 1. The first-order valence-electron chi connectivity index (χ1n) is 10.5. The number of hydrogen-bond acceptors (Lipinski definition) is 6. The van der Waals surface area contributed by atoms with E-state index in [1.54, 1.807) is 19.4 Å². The van der Waals surface area contributed by atoms with Gasteiger partial charge in [0.05, 0.1) is 23.7 Å². The summed E-state index contributed by atoms with van der Waals surface area (Å²) >= 11 is 0. The van der Waals surface area contributed by atoms with Gasteiger partial charge in [-0.2, -0.15) is 0 Å². The van der Waals surface area contributed by atoms with Gasteiger partial charge in [-0.05, 0) is 42.7 Å². The Bertz CT molecular complexity index is 1370. The number of nitrogens with one attached hydrogen (secondary N) is 5. The lowest BCUT2D eigenvalue weighted by molar-refractivity contribution is -0.333. The van der Waals surface area contributed by atoms with E-state index in [1.807, 2.05) is 18.2 Å². The van der Waals surface area contributed by atoms with Crippen molar-refractivity contribution < 1.29 is 18.9 Å². The third-order valence-corrected chi connectivity index (χ3v) is 5.60. The summed E-state index contributed by atoms with van der Waals surface area (Å²) in [5, 5.41) is 10.5. The number of ether oxygens (including phenoxy) is 1. The maximum atomic E-state index is 14.2. The standard InChI is InChI=1S/C23H22FN7O2/c1-33-18-10-12-4-3-8-26-16(12)11-17(18)29-23-30-21-13(7-9-27-21)22(31-23)28-15-6-2-5-14(24)19(15)20(25)32/h2,5-7,9-11,26H,3-4,8H2,1H3,(H2,25,32)(H3,27,28,29,30,31)/p+1. The SMILES string of the molecule is COc1cc2c(cc1Nc1nc(Nc3cccc(F)c3C(N)=O)c3cc[nH]c3[nH+]1)NCCC2. The Morgan fingerprint density at radius 2 is 2.12 bits per heavy atom. The van der Waals surface area contributed by atoms with Gasteiger partial charge in [0.2, 0.25) is 11.5 Å². The Balaban J connectivity index is 1.55. The van der Waals surface area contributed by atoms with Crippen molar-refractivity contribution >= 4 is 45.8 Å². The van der Waals surface area contributed by atoms with Crippen LogP contribution >= 0.6 is 0 Å².